The number of nitrogens with two attached hydrogens (primary N) is 2. The number of rotatable bonds is 7. The van der Waals surface area contributed by atoms with Crippen molar-refractivity contribution in [1.82, 2.24) is 14.5 Å². The second kappa shape index (κ2) is 15.8. The average Bonchev–Trinajstić information content (AvgIpc) is 4.05. The number of nitrogen functional groups attached to an aromatic ring is 2. The van der Waals surface area contributed by atoms with Gasteiger partial charge in [0.25, 0.3) is 5.56 Å². The summed E-state index contributed by atoms with van der Waals surface area (Å²) in [6.45, 7) is 0. The van der Waals surface area contributed by atoms with Gasteiger partial charge in [-0.05, 0) is 68.1 Å². The summed E-state index contributed by atoms with van der Waals surface area (Å²) >= 11 is 11.6. The number of carbonyl (C=O) groups excluding carboxylic acids is 2. The van der Waals surface area contributed by atoms with E-state index in [0.717, 1.165) is 69.0 Å². The molecule has 5 aromatic rings. The number of carbonyl (C=O) groups is 2. The Hall–Kier alpha value is -5.21. The third kappa shape index (κ3) is 8.75. The van der Waals surface area contributed by atoms with Crippen molar-refractivity contribution in [3.8, 4) is 11.1 Å². The molecule has 16 heteroatoms. The van der Waals surface area contributed by atoms with Crippen molar-refractivity contribution in [2.45, 2.75) is 44.2 Å². The van der Waals surface area contributed by atoms with E-state index < -0.39 is 46.8 Å². The number of ether oxygens (including phenoxy) is 1. The summed E-state index contributed by atoms with van der Waals surface area (Å²) in [5.41, 5.74) is 11.0. The van der Waals surface area contributed by atoms with Crippen LogP contribution in [-0.2, 0) is 16.0 Å². The lowest BCUT2D eigenvalue weighted by atomic mass is 10.0. The van der Waals surface area contributed by atoms with E-state index in [-0.39, 0.29) is 33.7 Å². The third-order valence-electron chi connectivity index (χ3n) is 7.92. The van der Waals surface area contributed by atoms with E-state index in [1.165, 1.54) is 18.5 Å². The van der Waals surface area contributed by atoms with Gasteiger partial charge in [0.15, 0.2) is 17.9 Å². The number of halogens is 6. The molecule has 2 fully saturated rings. The Kier molecular flexibility index (Phi) is 11.5. The SMILES string of the molecule is COC(=O)Cc1c(F)ccc(N)c1F.Nc1ccc(F)c(-c2cc3cnc(Cl)cc3n(C3CC3)c2=O)c1F.O=Cc1cnc(Cl)cc1NC1CC1. The molecule has 3 heterocycles. The fraction of sp³-hybridized carbons (Fsp3) is 0.229. The number of nitrogens with one attached hydrogen (secondary N) is 1. The molecular formula is C35H30Cl2F4N6O4. The first kappa shape index (κ1) is 37.1. The van der Waals surface area contributed by atoms with Gasteiger partial charge in [-0.25, -0.2) is 27.5 Å². The Balaban J connectivity index is 0.000000160. The van der Waals surface area contributed by atoms with Gasteiger partial charge in [-0.2, -0.15) is 0 Å². The Morgan fingerprint density at radius 3 is 2.20 bits per heavy atom. The molecule has 0 unspecified atom stereocenters. The number of hydrogen-bond donors (Lipinski definition) is 3. The maximum atomic E-state index is 14.4. The number of fused-ring (bicyclic) bond motifs is 1. The lowest BCUT2D eigenvalue weighted by Crippen LogP contribution is -2.22. The first-order valence-corrected chi connectivity index (χ1v) is 16.2. The molecule has 10 nitrogen and oxygen atoms in total. The smallest absolute Gasteiger partial charge is 0.310 e. The minimum absolute atomic E-state index is 0.00518. The maximum Gasteiger partial charge on any atom is 0.310 e. The van der Waals surface area contributed by atoms with Crippen LogP contribution in [0.2, 0.25) is 10.3 Å². The Bertz CT molecular complexity index is 2200. The fourth-order valence-corrected chi connectivity index (χ4v) is 5.31. The van der Waals surface area contributed by atoms with Gasteiger partial charge in [-0.3, -0.25) is 14.4 Å². The van der Waals surface area contributed by atoms with Crippen LogP contribution in [0.3, 0.4) is 0 Å². The predicted octanol–water partition coefficient (Wildman–Crippen LogP) is 7.30. The Morgan fingerprint density at radius 1 is 0.941 bits per heavy atom. The number of aldehydes is 1. The second-order valence-corrected chi connectivity index (χ2v) is 12.4. The maximum absolute atomic E-state index is 14.4. The van der Waals surface area contributed by atoms with Crippen LogP contribution in [0.1, 0.15) is 47.6 Å². The highest BCUT2D eigenvalue weighted by Crippen LogP contribution is 2.38. The molecule has 2 aliphatic rings. The predicted molar refractivity (Wildman–Crippen MR) is 187 cm³/mol. The van der Waals surface area contributed by atoms with E-state index in [4.69, 9.17) is 34.7 Å². The van der Waals surface area contributed by atoms with E-state index in [2.05, 4.69) is 20.0 Å². The lowest BCUT2D eigenvalue weighted by Gasteiger charge is -2.14. The van der Waals surface area contributed by atoms with E-state index >= 15 is 0 Å². The van der Waals surface area contributed by atoms with Crippen molar-refractivity contribution in [2.75, 3.05) is 23.9 Å². The van der Waals surface area contributed by atoms with Crippen LogP contribution < -0.4 is 22.3 Å². The van der Waals surface area contributed by atoms with Crippen molar-refractivity contribution < 1.29 is 31.9 Å². The third-order valence-corrected chi connectivity index (χ3v) is 8.33. The summed E-state index contributed by atoms with van der Waals surface area (Å²) in [5.74, 6) is -4.19. The summed E-state index contributed by atoms with van der Waals surface area (Å²) in [6.07, 6.45) is 7.30. The van der Waals surface area contributed by atoms with E-state index in [9.17, 15) is 31.9 Å². The summed E-state index contributed by atoms with van der Waals surface area (Å²) in [5, 5.41) is 4.47. The van der Waals surface area contributed by atoms with Crippen LogP contribution in [-0.4, -0.2) is 39.9 Å². The molecule has 0 atom stereocenters. The van der Waals surface area contributed by atoms with Crippen LogP contribution in [0.4, 0.5) is 34.6 Å². The van der Waals surface area contributed by atoms with Crippen molar-refractivity contribution in [3.05, 3.63) is 110 Å². The highest BCUT2D eigenvalue weighted by Gasteiger charge is 2.29. The Morgan fingerprint density at radius 2 is 1.57 bits per heavy atom. The first-order valence-electron chi connectivity index (χ1n) is 15.4. The lowest BCUT2D eigenvalue weighted by molar-refractivity contribution is -0.139. The van der Waals surface area contributed by atoms with E-state index in [1.54, 1.807) is 16.7 Å². The highest BCUT2D eigenvalue weighted by molar-refractivity contribution is 6.30. The van der Waals surface area contributed by atoms with Crippen molar-refractivity contribution >= 4 is 63.4 Å². The molecule has 5 N–H and O–H groups in total. The first-order chi connectivity index (χ1) is 24.3. The Labute approximate surface area is 298 Å². The number of anilines is 3. The average molecular weight is 746 g/mol. The molecule has 2 aromatic carbocycles. The van der Waals surface area contributed by atoms with Crippen LogP contribution in [0, 0.1) is 23.3 Å². The molecule has 0 spiro atoms. The number of aromatic nitrogens is 3. The molecule has 3 aromatic heterocycles. The minimum Gasteiger partial charge on any atom is -0.469 e. The number of hydrogen-bond acceptors (Lipinski definition) is 9. The molecule has 2 aliphatic carbocycles. The van der Waals surface area contributed by atoms with Crippen LogP contribution >= 0.6 is 23.2 Å². The fourth-order valence-electron chi connectivity index (χ4n) is 5.00. The quantitative estimate of drug-likeness (QED) is 0.0512. The molecular weight excluding hydrogens is 715 g/mol. The second-order valence-electron chi connectivity index (χ2n) is 11.7. The van der Waals surface area contributed by atoms with Crippen LogP contribution in [0.25, 0.3) is 22.0 Å². The zero-order valence-electron chi connectivity index (χ0n) is 26.9. The molecule has 51 heavy (non-hydrogen) atoms. The van der Waals surface area contributed by atoms with Crippen molar-refractivity contribution in [3.63, 3.8) is 0 Å². The largest absolute Gasteiger partial charge is 0.469 e. The molecule has 0 saturated heterocycles. The summed E-state index contributed by atoms with van der Waals surface area (Å²) in [6, 6.07) is 9.52. The van der Waals surface area contributed by atoms with E-state index in [0.29, 0.717) is 27.7 Å². The monoisotopic (exact) mass is 744 g/mol. The van der Waals surface area contributed by atoms with Gasteiger partial charge < -0.3 is 26.1 Å². The number of methoxy groups -OCH3 is 1. The molecule has 0 radical (unpaired) electrons. The minimum atomic E-state index is -0.935. The van der Waals surface area contributed by atoms with Crippen molar-refractivity contribution in [1.29, 1.82) is 0 Å². The molecule has 266 valence electrons. The topological polar surface area (TPSA) is 155 Å². The highest BCUT2D eigenvalue weighted by atomic mass is 35.5. The number of esters is 1. The summed E-state index contributed by atoms with van der Waals surface area (Å²) in [4.78, 5) is 42.2. The van der Waals surface area contributed by atoms with Crippen LogP contribution in [0.15, 0.2) is 59.7 Å². The number of benzene rings is 2. The van der Waals surface area contributed by atoms with Gasteiger partial charge >= 0.3 is 5.97 Å². The number of pyridine rings is 3. The summed E-state index contributed by atoms with van der Waals surface area (Å²) < 4.78 is 60.7. The van der Waals surface area contributed by atoms with Crippen molar-refractivity contribution in [2.24, 2.45) is 0 Å². The molecule has 2 saturated carbocycles. The molecule has 0 aliphatic heterocycles. The molecule has 0 bridgehead atoms. The van der Waals surface area contributed by atoms with Gasteiger partial charge in [0.2, 0.25) is 0 Å². The van der Waals surface area contributed by atoms with Gasteiger partial charge in [-0.15, -0.1) is 0 Å². The molecule has 0 amide bonds. The zero-order valence-corrected chi connectivity index (χ0v) is 28.4. The standard InChI is InChI=1S/C17H12ClF2N3O.C9H9ClN2O.C9H9F2NO2/c18-14-6-13-8(7-22-14)5-10(17(24)23(13)9-1-2-9)15-11(19)3-4-12(21)16(15)20;10-9-3-8(12-7-1-2-7)6(5-13)4-11-9;1-14-8(13)4-5-6(10)2-3-7(12)9(5)11/h3-7,9H,1-2,21H2;3-5,7H,1-2H2,(H,11,12);2-3H,4,12H2,1H3. The number of nitrogens with zero attached hydrogens (tertiary/aromatic N) is 3. The van der Waals surface area contributed by atoms with Crippen LogP contribution in [0.5, 0.6) is 0 Å². The normalized spacial score (nSPS) is 13.4. The van der Waals surface area contributed by atoms with Gasteiger partial charge in [0, 0.05) is 41.1 Å². The van der Waals surface area contributed by atoms with E-state index in [1.807, 2.05) is 0 Å². The van der Waals surface area contributed by atoms with Gasteiger partial charge in [0.05, 0.1) is 47.1 Å². The zero-order chi connectivity index (χ0) is 37.0. The summed E-state index contributed by atoms with van der Waals surface area (Å²) in [7, 11) is 1.14. The van der Waals surface area contributed by atoms with Gasteiger partial charge in [0.1, 0.15) is 21.9 Å². The van der Waals surface area contributed by atoms with Gasteiger partial charge in [-0.1, -0.05) is 23.2 Å². The molecule has 7 rings (SSSR count).